The lowest BCUT2D eigenvalue weighted by Gasteiger charge is -2.36. The average molecular weight is 399 g/mol. The molecule has 7 heteroatoms. The van der Waals surface area contributed by atoms with Crippen molar-refractivity contribution in [1.29, 1.82) is 0 Å². The lowest BCUT2D eigenvalue weighted by Crippen LogP contribution is -2.44. The quantitative estimate of drug-likeness (QED) is 0.650. The van der Waals surface area contributed by atoms with Crippen molar-refractivity contribution >= 4 is 17.6 Å². The van der Waals surface area contributed by atoms with Crippen molar-refractivity contribution in [2.45, 2.75) is 45.7 Å². The van der Waals surface area contributed by atoms with E-state index >= 15 is 0 Å². The number of carboxylic acids is 1. The Morgan fingerprint density at radius 3 is 2.59 bits per heavy atom. The zero-order chi connectivity index (χ0) is 19.8. The van der Waals surface area contributed by atoms with Gasteiger partial charge in [0.1, 0.15) is 0 Å². The first kappa shape index (κ1) is 21.8. The van der Waals surface area contributed by atoms with Gasteiger partial charge in [-0.3, -0.25) is 14.6 Å². The number of ether oxygens (including phenoxy) is 2. The Kier molecular flexibility index (Phi) is 8.67. The fraction of sp³-hybridized carbons (Fsp3) is 0.650. The summed E-state index contributed by atoms with van der Waals surface area (Å²) in [5.74, 6) is 0.547. The molecule has 2 rings (SSSR count). The number of hydrogen-bond acceptors (Lipinski definition) is 5. The first-order valence-electron chi connectivity index (χ1n) is 9.67. The van der Waals surface area contributed by atoms with E-state index in [0.717, 1.165) is 44.5 Å². The molecule has 1 aliphatic rings. The first-order valence-corrected chi connectivity index (χ1v) is 10.0. The van der Waals surface area contributed by atoms with Gasteiger partial charge in [-0.2, -0.15) is 0 Å². The molecule has 0 radical (unpaired) electrons. The van der Waals surface area contributed by atoms with E-state index in [9.17, 15) is 4.79 Å². The Morgan fingerprint density at radius 1 is 1.30 bits per heavy atom. The van der Waals surface area contributed by atoms with Crippen LogP contribution in [0.5, 0.6) is 11.5 Å². The van der Waals surface area contributed by atoms with Crippen LogP contribution >= 0.6 is 11.6 Å². The summed E-state index contributed by atoms with van der Waals surface area (Å²) >= 11 is 6.45. The first-order chi connectivity index (χ1) is 12.9. The highest BCUT2D eigenvalue weighted by molar-refractivity contribution is 6.32. The SMILES string of the molecule is CCCOc1c(Cl)cc(CN2CCC(N(C)CC(=O)O)CC2)cc1OCC. The van der Waals surface area contributed by atoms with E-state index in [1.807, 2.05) is 31.0 Å². The molecule has 1 saturated heterocycles. The van der Waals surface area contributed by atoms with Crippen molar-refractivity contribution in [2.24, 2.45) is 0 Å². The highest BCUT2D eigenvalue weighted by Crippen LogP contribution is 2.37. The van der Waals surface area contributed by atoms with Gasteiger partial charge in [-0.05, 0) is 64.0 Å². The van der Waals surface area contributed by atoms with E-state index < -0.39 is 5.97 Å². The van der Waals surface area contributed by atoms with Gasteiger partial charge < -0.3 is 14.6 Å². The second-order valence-corrected chi connectivity index (χ2v) is 7.41. The number of nitrogens with zero attached hydrogens (tertiary/aromatic N) is 2. The fourth-order valence-electron chi connectivity index (χ4n) is 3.44. The highest BCUT2D eigenvalue weighted by Gasteiger charge is 2.24. The number of benzene rings is 1. The summed E-state index contributed by atoms with van der Waals surface area (Å²) in [6.07, 6.45) is 2.84. The predicted molar refractivity (Wildman–Crippen MR) is 107 cm³/mol. The summed E-state index contributed by atoms with van der Waals surface area (Å²) < 4.78 is 11.5. The van der Waals surface area contributed by atoms with Crippen LogP contribution in [0.25, 0.3) is 0 Å². The Hall–Kier alpha value is -1.50. The summed E-state index contributed by atoms with van der Waals surface area (Å²) in [6, 6.07) is 4.30. The topological polar surface area (TPSA) is 62.2 Å². The van der Waals surface area contributed by atoms with E-state index in [2.05, 4.69) is 11.8 Å². The Balaban J connectivity index is 1.98. The van der Waals surface area contributed by atoms with Crippen molar-refractivity contribution < 1.29 is 19.4 Å². The molecule has 1 aromatic carbocycles. The molecule has 1 heterocycles. The molecule has 6 nitrogen and oxygen atoms in total. The van der Waals surface area contributed by atoms with Gasteiger partial charge in [0.25, 0.3) is 0 Å². The zero-order valence-corrected chi connectivity index (χ0v) is 17.3. The molecule has 1 fully saturated rings. The van der Waals surface area contributed by atoms with Crippen LogP contribution in [0.1, 0.15) is 38.7 Å². The van der Waals surface area contributed by atoms with E-state index in [1.54, 1.807) is 0 Å². The number of likely N-dealkylation sites (tertiary alicyclic amines) is 1. The van der Waals surface area contributed by atoms with E-state index in [-0.39, 0.29) is 6.54 Å². The third kappa shape index (κ3) is 6.55. The van der Waals surface area contributed by atoms with Crippen LogP contribution in [0, 0.1) is 0 Å². The number of halogens is 1. The number of carboxylic acid groups (broad SMARTS) is 1. The molecule has 1 aliphatic heterocycles. The summed E-state index contributed by atoms with van der Waals surface area (Å²) in [5, 5.41) is 9.53. The molecule has 0 aliphatic carbocycles. The normalized spacial score (nSPS) is 15.9. The van der Waals surface area contributed by atoms with Crippen LogP contribution in [-0.4, -0.2) is 66.8 Å². The van der Waals surface area contributed by atoms with Gasteiger partial charge in [-0.25, -0.2) is 0 Å². The Morgan fingerprint density at radius 2 is 2.00 bits per heavy atom. The minimum atomic E-state index is -0.775. The third-order valence-electron chi connectivity index (χ3n) is 4.79. The number of hydrogen-bond donors (Lipinski definition) is 1. The van der Waals surface area contributed by atoms with Gasteiger partial charge in [0, 0.05) is 12.6 Å². The van der Waals surface area contributed by atoms with Gasteiger partial charge in [-0.15, -0.1) is 0 Å². The monoisotopic (exact) mass is 398 g/mol. The van der Waals surface area contributed by atoms with E-state index in [4.69, 9.17) is 26.2 Å². The molecule has 0 aromatic heterocycles. The summed E-state index contributed by atoms with van der Waals surface area (Å²) in [4.78, 5) is 15.2. The van der Waals surface area contributed by atoms with Crippen LogP contribution in [0.4, 0.5) is 0 Å². The molecule has 1 N–H and O–H groups in total. The average Bonchev–Trinajstić information content (AvgIpc) is 2.61. The number of rotatable bonds is 10. The molecule has 0 saturated carbocycles. The molecule has 0 unspecified atom stereocenters. The molecule has 1 aromatic rings. The summed E-state index contributed by atoms with van der Waals surface area (Å²) in [6.45, 7) is 7.93. The molecule has 0 bridgehead atoms. The highest BCUT2D eigenvalue weighted by atomic mass is 35.5. The van der Waals surface area contributed by atoms with E-state index in [0.29, 0.717) is 35.8 Å². The molecule has 152 valence electrons. The minimum absolute atomic E-state index is 0.0945. The van der Waals surface area contributed by atoms with Crippen molar-refractivity contribution in [3.8, 4) is 11.5 Å². The lowest BCUT2D eigenvalue weighted by molar-refractivity contribution is -0.138. The molecule has 0 spiro atoms. The van der Waals surface area contributed by atoms with Gasteiger partial charge in [0.15, 0.2) is 11.5 Å². The van der Waals surface area contributed by atoms with Crippen LogP contribution in [-0.2, 0) is 11.3 Å². The number of likely N-dealkylation sites (N-methyl/N-ethyl adjacent to an activating group) is 1. The Labute approximate surface area is 167 Å². The number of piperidine rings is 1. The van der Waals surface area contributed by atoms with Crippen molar-refractivity contribution in [3.05, 3.63) is 22.7 Å². The van der Waals surface area contributed by atoms with Crippen LogP contribution in [0.2, 0.25) is 5.02 Å². The zero-order valence-electron chi connectivity index (χ0n) is 16.5. The maximum atomic E-state index is 10.9. The van der Waals surface area contributed by atoms with Gasteiger partial charge in [-0.1, -0.05) is 18.5 Å². The molecular weight excluding hydrogens is 368 g/mol. The van der Waals surface area contributed by atoms with Crippen molar-refractivity contribution in [2.75, 3.05) is 39.9 Å². The Bertz CT molecular complexity index is 618. The smallest absolute Gasteiger partial charge is 0.317 e. The predicted octanol–water partition coefficient (Wildman–Crippen LogP) is 3.51. The maximum absolute atomic E-state index is 10.9. The standard InChI is InChI=1S/C20H31ClN2O4/c1-4-10-27-20-17(21)11-15(12-18(20)26-5-2)13-23-8-6-16(7-9-23)22(3)14-19(24)25/h11-12,16H,4-10,13-14H2,1-3H3,(H,24,25). The van der Waals surface area contributed by atoms with Crippen LogP contribution < -0.4 is 9.47 Å². The minimum Gasteiger partial charge on any atom is -0.490 e. The molecular formula is C20H31ClN2O4. The lowest BCUT2D eigenvalue weighted by atomic mass is 10.0. The maximum Gasteiger partial charge on any atom is 0.317 e. The third-order valence-corrected chi connectivity index (χ3v) is 5.07. The van der Waals surface area contributed by atoms with Gasteiger partial charge in [0.05, 0.1) is 24.8 Å². The van der Waals surface area contributed by atoms with Crippen molar-refractivity contribution in [3.63, 3.8) is 0 Å². The van der Waals surface area contributed by atoms with Crippen LogP contribution in [0.3, 0.4) is 0 Å². The summed E-state index contributed by atoms with van der Waals surface area (Å²) in [5.41, 5.74) is 1.10. The fourth-order valence-corrected chi connectivity index (χ4v) is 3.73. The summed E-state index contributed by atoms with van der Waals surface area (Å²) in [7, 11) is 1.89. The van der Waals surface area contributed by atoms with Gasteiger partial charge >= 0.3 is 5.97 Å². The molecule has 27 heavy (non-hydrogen) atoms. The molecule has 0 atom stereocenters. The largest absolute Gasteiger partial charge is 0.490 e. The molecule has 0 amide bonds. The van der Waals surface area contributed by atoms with Gasteiger partial charge in [0.2, 0.25) is 0 Å². The second-order valence-electron chi connectivity index (χ2n) is 7.00. The van der Waals surface area contributed by atoms with Crippen LogP contribution in [0.15, 0.2) is 12.1 Å². The number of aliphatic carboxylic acids is 1. The number of carbonyl (C=O) groups is 1. The second kappa shape index (κ2) is 10.7. The van der Waals surface area contributed by atoms with Crippen molar-refractivity contribution in [1.82, 2.24) is 9.80 Å². The van der Waals surface area contributed by atoms with E-state index in [1.165, 1.54) is 0 Å².